The number of benzene rings is 3. The molecule has 0 aromatic heterocycles. The van der Waals surface area contributed by atoms with Crippen molar-refractivity contribution in [1.29, 1.82) is 5.26 Å². The van der Waals surface area contributed by atoms with Gasteiger partial charge < -0.3 is 15.4 Å². The third-order valence-electron chi connectivity index (χ3n) is 8.03. The van der Waals surface area contributed by atoms with Gasteiger partial charge in [0.1, 0.15) is 22.7 Å². The molecular formula is C36H39Cl2F2N3O3. The molecule has 2 N–H and O–H groups in total. The topological polar surface area (TPSA) is 91.2 Å². The fraction of sp³-hybridized carbons (Fsp3) is 0.417. The molecule has 1 aliphatic rings. The first kappa shape index (κ1) is 35.3. The van der Waals surface area contributed by atoms with Crippen LogP contribution in [0.4, 0.5) is 13.6 Å². The van der Waals surface area contributed by atoms with E-state index < -0.39 is 46.7 Å². The number of nitrogens with zero attached hydrogens (tertiary/aromatic N) is 1. The molecule has 3 aromatic rings. The second kappa shape index (κ2) is 13.7. The Hall–Kier alpha value is -3.51. The molecule has 0 saturated carbocycles. The molecule has 1 saturated heterocycles. The summed E-state index contributed by atoms with van der Waals surface area (Å²) in [5, 5.41) is 17.1. The highest BCUT2D eigenvalue weighted by Gasteiger charge is 2.60. The van der Waals surface area contributed by atoms with Crippen molar-refractivity contribution in [2.75, 3.05) is 0 Å². The van der Waals surface area contributed by atoms with E-state index in [0.717, 1.165) is 11.6 Å². The number of alkyl carbamates (subject to hydrolysis) is 1. The van der Waals surface area contributed by atoms with Crippen LogP contribution in [0.3, 0.4) is 0 Å². The molecule has 0 aliphatic carbocycles. The molecule has 1 heterocycles. The summed E-state index contributed by atoms with van der Waals surface area (Å²) in [6.45, 7) is 11.5. The van der Waals surface area contributed by atoms with Crippen LogP contribution in [0.5, 0.6) is 0 Å². The lowest BCUT2D eigenvalue weighted by Gasteiger charge is -2.37. The largest absolute Gasteiger partial charge is 0.444 e. The van der Waals surface area contributed by atoms with E-state index in [-0.39, 0.29) is 45.3 Å². The van der Waals surface area contributed by atoms with E-state index >= 15 is 8.78 Å². The van der Waals surface area contributed by atoms with E-state index in [2.05, 4.69) is 16.7 Å². The summed E-state index contributed by atoms with van der Waals surface area (Å²) in [6, 6.07) is 16.2. The average Bonchev–Trinajstić information content (AvgIpc) is 3.26. The third kappa shape index (κ3) is 7.88. The van der Waals surface area contributed by atoms with Crippen LogP contribution in [0.2, 0.25) is 10.0 Å². The number of carbonyl (C=O) groups excluding carboxylic acids is 2. The second-order valence-corrected chi connectivity index (χ2v) is 14.8. The zero-order valence-electron chi connectivity index (χ0n) is 26.8. The Labute approximate surface area is 279 Å². The van der Waals surface area contributed by atoms with Crippen LogP contribution < -0.4 is 10.6 Å². The minimum absolute atomic E-state index is 0.0302. The zero-order valence-corrected chi connectivity index (χ0v) is 28.3. The van der Waals surface area contributed by atoms with E-state index in [1.54, 1.807) is 51.1 Å². The molecule has 4 atom stereocenters. The van der Waals surface area contributed by atoms with E-state index in [1.165, 1.54) is 24.3 Å². The van der Waals surface area contributed by atoms with Crippen molar-refractivity contribution in [3.05, 3.63) is 105 Å². The number of ether oxygens (including phenoxy) is 1. The number of hydrogen-bond acceptors (Lipinski definition) is 5. The average molecular weight is 671 g/mol. The zero-order chi connectivity index (χ0) is 34.0. The predicted octanol–water partition coefficient (Wildman–Crippen LogP) is 8.43. The van der Waals surface area contributed by atoms with Crippen molar-refractivity contribution in [3.63, 3.8) is 0 Å². The van der Waals surface area contributed by atoms with Gasteiger partial charge in [-0.1, -0.05) is 86.4 Å². The number of nitriles is 1. The minimum Gasteiger partial charge on any atom is -0.444 e. The van der Waals surface area contributed by atoms with Crippen LogP contribution in [0.1, 0.15) is 76.1 Å². The lowest BCUT2D eigenvalue weighted by atomic mass is 9.62. The first-order valence-corrected chi connectivity index (χ1v) is 15.8. The second-order valence-electron chi connectivity index (χ2n) is 14.0. The molecule has 1 aliphatic heterocycles. The van der Waals surface area contributed by atoms with Crippen LogP contribution in [0, 0.1) is 28.4 Å². The summed E-state index contributed by atoms with van der Waals surface area (Å²) in [5.41, 5.74) is -1.10. The molecule has 6 nitrogen and oxygen atoms in total. The maximum atomic E-state index is 15.9. The van der Waals surface area contributed by atoms with Gasteiger partial charge in [-0.05, 0) is 67.5 Å². The van der Waals surface area contributed by atoms with Crippen molar-refractivity contribution in [1.82, 2.24) is 10.6 Å². The quantitative estimate of drug-likeness (QED) is 0.251. The van der Waals surface area contributed by atoms with Crippen molar-refractivity contribution in [3.8, 4) is 6.07 Å². The number of hydrogen-bond donors (Lipinski definition) is 2. The van der Waals surface area contributed by atoms with Gasteiger partial charge in [0, 0.05) is 35.5 Å². The Balaban J connectivity index is 1.73. The molecule has 4 rings (SSSR count). The van der Waals surface area contributed by atoms with Crippen molar-refractivity contribution >= 4 is 35.1 Å². The Morgan fingerprint density at radius 2 is 1.65 bits per heavy atom. The fourth-order valence-electron chi connectivity index (χ4n) is 6.18. The SMILES string of the molecule is CC(C)(C)C[C@@H]1N[C@@H](C(=O)Cc2ccc(CNC(=O)OC(C)(C)C)cc2)[C@H](c2cccc(Cl)c2F)[C@@]1(C#N)c1ccc(Cl)cc1F. The number of rotatable bonds is 8. The molecule has 0 radical (unpaired) electrons. The summed E-state index contributed by atoms with van der Waals surface area (Å²) in [7, 11) is 0. The predicted molar refractivity (Wildman–Crippen MR) is 176 cm³/mol. The van der Waals surface area contributed by atoms with E-state index in [1.807, 2.05) is 20.8 Å². The van der Waals surface area contributed by atoms with Gasteiger partial charge in [-0.25, -0.2) is 13.6 Å². The summed E-state index contributed by atoms with van der Waals surface area (Å²) < 4.78 is 37.0. The van der Waals surface area contributed by atoms with Crippen LogP contribution in [0.15, 0.2) is 60.7 Å². The molecular weight excluding hydrogens is 631 g/mol. The Kier molecular flexibility index (Phi) is 10.5. The number of nitrogens with one attached hydrogen (secondary N) is 2. The van der Waals surface area contributed by atoms with Gasteiger partial charge in [0.05, 0.1) is 17.1 Å². The normalized spacial score (nSPS) is 21.5. The van der Waals surface area contributed by atoms with Crippen molar-refractivity contribution < 1.29 is 23.1 Å². The third-order valence-corrected chi connectivity index (χ3v) is 8.56. The highest BCUT2D eigenvalue weighted by molar-refractivity contribution is 6.31. The van der Waals surface area contributed by atoms with Gasteiger partial charge in [-0.2, -0.15) is 5.26 Å². The number of Topliss-reactive ketones (excluding diaryl/α,β-unsaturated/α-hetero) is 1. The maximum absolute atomic E-state index is 15.9. The van der Waals surface area contributed by atoms with Crippen molar-refractivity contribution in [2.24, 2.45) is 5.41 Å². The molecule has 0 spiro atoms. The maximum Gasteiger partial charge on any atom is 0.407 e. The van der Waals surface area contributed by atoms with Gasteiger partial charge in [-0.15, -0.1) is 0 Å². The van der Waals surface area contributed by atoms with Crippen LogP contribution >= 0.6 is 23.2 Å². The molecule has 1 fully saturated rings. The van der Waals surface area contributed by atoms with Gasteiger partial charge in [-0.3, -0.25) is 4.79 Å². The molecule has 244 valence electrons. The van der Waals surface area contributed by atoms with Crippen LogP contribution in [-0.2, 0) is 27.9 Å². The number of halogens is 4. The van der Waals surface area contributed by atoms with Gasteiger partial charge in [0.25, 0.3) is 0 Å². The first-order valence-electron chi connectivity index (χ1n) is 15.1. The van der Waals surface area contributed by atoms with Gasteiger partial charge >= 0.3 is 6.09 Å². The summed E-state index contributed by atoms with van der Waals surface area (Å²) in [5.74, 6) is -2.90. The summed E-state index contributed by atoms with van der Waals surface area (Å²) in [6.07, 6.45) is -0.200. The smallest absolute Gasteiger partial charge is 0.407 e. The van der Waals surface area contributed by atoms with Crippen LogP contribution in [0.25, 0.3) is 0 Å². The lowest BCUT2D eigenvalue weighted by Crippen LogP contribution is -2.44. The molecule has 3 aromatic carbocycles. The standard InChI is InChI=1S/C36H39Cl2F2N3O3/c1-34(2,3)18-29-36(20-41,25-15-14-23(37)17-27(25)39)30(24-8-7-9-26(38)31(24)40)32(43-29)28(44)16-21-10-12-22(13-11-21)19-42-33(45)46-35(4,5)6/h7-15,17,29-30,32,43H,16,18-19H2,1-6H3,(H,42,45)/t29-,30-,32-,36-/m0/s1. The minimum atomic E-state index is -1.69. The highest BCUT2D eigenvalue weighted by atomic mass is 35.5. The summed E-state index contributed by atoms with van der Waals surface area (Å²) in [4.78, 5) is 26.2. The summed E-state index contributed by atoms with van der Waals surface area (Å²) >= 11 is 12.3. The van der Waals surface area contributed by atoms with E-state index in [9.17, 15) is 14.9 Å². The monoisotopic (exact) mass is 669 g/mol. The van der Waals surface area contributed by atoms with Gasteiger partial charge in [0.15, 0.2) is 5.78 Å². The van der Waals surface area contributed by atoms with Gasteiger partial charge in [0.2, 0.25) is 0 Å². The van der Waals surface area contributed by atoms with Crippen molar-refractivity contribution in [2.45, 2.75) is 89.9 Å². The van der Waals surface area contributed by atoms with E-state index in [0.29, 0.717) is 12.0 Å². The molecule has 46 heavy (non-hydrogen) atoms. The lowest BCUT2D eigenvalue weighted by molar-refractivity contribution is -0.120. The first-order chi connectivity index (χ1) is 21.4. The Morgan fingerprint density at radius 3 is 2.24 bits per heavy atom. The Morgan fingerprint density at radius 1 is 1.00 bits per heavy atom. The molecule has 1 amide bonds. The molecule has 10 heteroatoms. The number of ketones is 1. The van der Waals surface area contributed by atoms with Crippen LogP contribution in [-0.4, -0.2) is 29.6 Å². The fourth-order valence-corrected chi connectivity index (χ4v) is 6.52. The number of carbonyl (C=O) groups is 2. The van der Waals surface area contributed by atoms with E-state index in [4.69, 9.17) is 27.9 Å². The Bertz CT molecular complexity index is 1640. The molecule has 0 bridgehead atoms. The number of amides is 1. The highest BCUT2D eigenvalue weighted by Crippen LogP contribution is 2.53. The molecule has 0 unspecified atom stereocenters.